The zero-order chi connectivity index (χ0) is 11.5. The molecule has 0 aliphatic carbocycles. The standard InChI is InChI=1S/C12H13NOS2/c1-9(12-4-3-5-15-12)13(2)10-6-11(7-14)16-8-10/h3-9H,1-2H3. The number of aldehydes is 1. The molecule has 16 heavy (non-hydrogen) atoms. The van der Waals surface area contributed by atoms with Gasteiger partial charge in [-0.1, -0.05) is 6.07 Å². The zero-order valence-electron chi connectivity index (χ0n) is 9.21. The molecular formula is C12H13NOS2. The Bertz CT molecular complexity index is 461. The normalized spacial score (nSPS) is 12.4. The van der Waals surface area contributed by atoms with Gasteiger partial charge in [-0.25, -0.2) is 0 Å². The Labute approximate surface area is 103 Å². The van der Waals surface area contributed by atoms with E-state index in [4.69, 9.17) is 0 Å². The van der Waals surface area contributed by atoms with Gasteiger partial charge >= 0.3 is 0 Å². The van der Waals surface area contributed by atoms with Crippen molar-refractivity contribution in [3.8, 4) is 0 Å². The summed E-state index contributed by atoms with van der Waals surface area (Å²) in [4.78, 5) is 14.9. The number of anilines is 1. The van der Waals surface area contributed by atoms with Gasteiger partial charge in [-0.15, -0.1) is 22.7 Å². The Balaban J connectivity index is 2.18. The molecule has 2 aromatic heterocycles. The van der Waals surface area contributed by atoms with Crippen LogP contribution in [-0.4, -0.2) is 13.3 Å². The largest absolute Gasteiger partial charge is 0.366 e. The fourth-order valence-electron chi connectivity index (χ4n) is 1.53. The van der Waals surface area contributed by atoms with Crippen molar-refractivity contribution in [3.05, 3.63) is 38.7 Å². The molecule has 1 atom stereocenters. The van der Waals surface area contributed by atoms with Crippen LogP contribution < -0.4 is 4.90 Å². The molecule has 2 aromatic rings. The van der Waals surface area contributed by atoms with E-state index in [1.807, 2.05) is 11.4 Å². The highest BCUT2D eigenvalue weighted by atomic mass is 32.1. The third-order valence-electron chi connectivity index (χ3n) is 2.67. The quantitative estimate of drug-likeness (QED) is 0.770. The number of carbonyl (C=O) groups is 1. The summed E-state index contributed by atoms with van der Waals surface area (Å²) in [5.74, 6) is 0. The van der Waals surface area contributed by atoms with Crippen molar-refractivity contribution in [2.75, 3.05) is 11.9 Å². The molecule has 0 bridgehead atoms. The highest BCUT2D eigenvalue weighted by Gasteiger charge is 2.14. The highest BCUT2D eigenvalue weighted by Crippen LogP contribution is 2.30. The van der Waals surface area contributed by atoms with Gasteiger partial charge < -0.3 is 4.90 Å². The second kappa shape index (κ2) is 4.80. The summed E-state index contributed by atoms with van der Waals surface area (Å²) >= 11 is 3.24. The van der Waals surface area contributed by atoms with E-state index >= 15 is 0 Å². The van der Waals surface area contributed by atoms with Gasteiger partial charge in [0.05, 0.1) is 10.9 Å². The lowest BCUT2D eigenvalue weighted by Gasteiger charge is -2.24. The second-order valence-corrected chi connectivity index (χ2v) is 5.55. The summed E-state index contributed by atoms with van der Waals surface area (Å²) in [7, 11) is 2.06. The minimum Gasteiger partial charge on any atom is -0.366 e. The number of rotatable bonds is 4. The molecule has 0 aromatic carbocycles. The van der Waals surface area contributed by atoms with E-state index < -0.39 is 0 Å². The summed E-state index contributed by atoms with van der Waals surface area (Å²) in [6.45, 7) is 2.17. The van der Waals surface area contributed by atoms with Crippen molar-refractivity contribution >= 4 is 34.6 Å². The van der Waals surface area contributed by atoms with Crippen LogP contribution in [0.15, 0.2) is 29.0 Å². The molecule has 0 fully saturated rings. The summed E-state index contributed by atoms with van der Waals surface area (Å²) in [6.07, 6.45) is 0.901. The lowest BCUT2D eigenvalue weighted by Crippen LogP contribution is -2.20. The Morgan fingerprint density at radius 2 is 2.25 bits per heavy atom. The van der Waals surface area contributed by atoms with Crippen LogP contribution in [0.25, 0.3) is 0 Å². The molecule has 2 rings (SSSR count). The molecule has 2 heterocycles. The maximum Gasteiger partial charge on any atom is 0.160 e. The van der Waals surface area contributed by atoms with Gasteiger partial charge in [-0.3, -0.25) is 4.79 Å². The smallest absolute Gasteiger partial charge is 0.160 e. The molecular weight excluding hydrogens is 238 g/mol. The van der Waals surface area contributed by atoms with Gasteiger partial charge in [-0.05, 0) is 24.4 Å². The number of thiophene rings is 2. The summed E-state index contributed by atoms with van der Waals surface area (Å²) < 4.78 is 0. The molecule has 0 aliphatic heterocycles. The second-order valence-electron chi connectivity index (χ2n) is 3.63. The molecule has 0 radical (unpaired) electrons. The van der Waals surface area contributed by atoms with Crippen LogP contribution in [0, 0.1) is 0 Å². The Hall–Kier alpha value is -1.13. The Morgan fingerprint density at radius 3 is 2.81 bits per heavy atom. The van der Waals surface area contributed by atoms with E-state index in [1.165, 1.54) is 16.2 Å². The van der Waals surface area contributed by atoms with Crippen LogP contribution in [0.1, 0.15) is 27.5 Å². The molecule has 4 heteroatoms. The summed E-state index contributed by atoms with van der Waals surface area (Å²) in [6, 6.07) is 6.48. The van der Waals surface area contributed by atoms with Crippen molar-refractivity contribution < 1.29 is 4.79 Å². The van der Waals surface area contributed by atoms with Crippen molar-refractivity contribution in [3.63, 3.8) is 0 Å². The SMILES string of the molecule is CC(c1cccs1)N(C)c1csc(C=O)c1. The maximum atomic E-state index is 10.6. The van der Waals surface area contributed by atoms with Gasteiger partial charge in [0, 0.05) is 23.0 Å². The van der Waals surface area contributed by atoms with E-state index in [-0.39, 0.29) is 0 Å². The van der Waals surface area contributed by atoms with Gasteiger partial charge in [-0.2, -0.15) is 0 Å². The predicted octanol–water partition coefficient (Wildman–Crippen LogP) is 3.82. The van der Waals surface area contributed by atoms with Crippen molar-refractivity contribution in [2.45, 2.75) is 13.0 Å². The van der Waals surface area contributed by atoms with Crippen LogP contribution in [0.3, 0.4) is 0 Å². The van der Waals surface area contributed by atoms with Crippen LogP contribution in [0.4, 0.5) is 5.69 Å². The van der Waals surface area contributed by atoms with E-state index in [2.05, 4.69) is 36.4 Å². The molecule has 0 aliphatic rings. The van der Waals surface area contributed by atoms with Crippen LogP contribution in [-0.2, 0) is 0 Å². The first-order chi connectivity index (χ1) is 7.72. The molecule has 0 saturated carbocycles. The van der Waals surface area contributed by atoms with Crippen molar-refractivity contribution in [1.82, 2.24) is 0 Å². The molecule has 0 amide bonds. The number of hydrogen-bond donors (Lipinski definition) is 0. The lowest BCUT2D eigenvalue weighted by atomic mass is 10.2. The van der Waals surface area contributed by atoms with Gasteiger partial charge in [0.25, 0.3) is 0 Å². The van der Waals surface area contributed by atoms with E-state index in [9.17, 15) is 4.79 Å². The zero-order valence-corrected chi connectivity index (χ0v) is 10.8. The third kappa shape index (κ3) is 2.18. The van der Waals surface area contributed by atoms with Crippen LogP contribution in [0.2, 0.25) is 0 Å². The minimum atomic E-state index is 0.342. The van der Waals surface area contributed by atoms with Crippen LogP contribution in [0.5, 0.6) is 0 Å². The molecule has 0 saturated heterocycles. The van der Waals surface area contributed by atoms with Gasteiger partial charge in [0.2, 0.25) is 0 Å². The van der Waals surface area contributed by atoms with Gasteiger partial charge in [0.15, 0.2) is 6.29 Å². The first-order valence-electron chi connectivity index (χ1n) is 5.02. The van der Waals surface area contributed by atoms with E-state index in [0.29, 0.717) is 6.04 Å². The first kappa shape index (κ1) is 11.4. The molecule has 0 N–H and O–H groups in total. The van der Waals surface area contributed by atoms with Crippen molar-refractivity contribution in [1.29, 1.82) is 0 Å². The maximum absolute atomic E-state index is 10.6. The lowest BCUT2D eigenvalue weighted by molar-refractivity contribution is 0.112. The molecule has 2 nitrogen and oxygen atoms in total. The molecule has 84 valence electrons. The minimum absolute atomic E-state index is 0.342. The Morgan fingerprint density at radius 1 is 1.44 bits per heavy atom. The van der Waals surface area contributed by atoms with Crippen molar-refractivity contribution in [2.24, 2.45) is 0 Å². The van der Waals surface area contributed by atoms with Gasteiger partial charge in [0.1, 0.15) is 0 Å². The number of nitrogens with zero attached hydrogens (tertiary/aromatic N) is 1. The molecule has 1 unspecified atom stereocenters. The average molecular weight is 251 g/mol. The van der Waals surface area contributed by atoms with E-state index in [1.54, 1.807) is 11.3 Å². The molecule has 0 spiro atoms. The van der Waals surface area contributed by atoms with Crippen LogP contribution >= 0.6 is 22.7 Å². The van der Waals surface area contributed by atoms with E-state index in [0.717, 1.165) is 16.9 Å². The first-order valence-corrected chi connectivity index (χ1v) is 6.78. The number of carbonyl (C=O) groups excluding carboxylic acids is 1. The fraction of sp³-hybridized carbons (Fsp3) is 0.250. The topological polar surface area (TPSA) is 20.3 Å². The number of hydrogen-bond acceptors (Lipinski definition) is 4. The third-order valence-corrected chi connectivity index (χ3v) is 4.55. The highest BCUT2D eigenvalue weighted by molar-refractivity contribution is 7.12. The fourth-order valence-corrected chi connectivity index (χ4v) is 3.09. The summed E-state index contributed by atoms with van der Waals surface area (Å²) in [5, 5.41) is 4.11. The predicted molar refractivity (Wildman–Crippen MR) is 70.8 cm³/mol. The monoisotopic (exact) mass is 251 g/mol. The summed E-state index contributed by atoms with van der Waals surface area (Å²) in [5.41, 5.74) is 1.10. The average Bonchev–Trinajstić information content (AvgIpc) is 2.97. The Kier molecular flexibility index (Phi) is 3.41.